The zero-order valence-electron chi connectivity index (χ0n) is 16.3. The number of ether oxygens (including phenoxy) is 1. The molecular weight excluding hydrogens is 350 g/mol. The van der Waals surface area contributed by atoms with Crippen molar-refractivity contribution in [1.82, 2.24) is 15.2 Å². The number of amides is 1. The number of hydrogen-bond donors (Lipinski definition) is 1. The zero-order valence-corrected chi connectivity index (χ0v) is 16.3. The topological polar surface area (TPSA) is 54.5 Å². The number of piperidine rings is 1. The summed E-state index contributed by atoms with van der Waals surface area (Å²) < 4.78 is 6.44. The maximum absolute atomic E-state index is 12.2. The summed E-state index contributed by atoms with van der Waals surface area (Å²) in [4.78, 5) is 18.9. The maximum Gasteiger partial charge on any atom is 0.224 e. The average molecular weight is 380 g/mol. The molecule has 3 heterocycles. The summed E-state index contributed by atoms with van der Waals surface area (Å²) in [6.45, 7) is 3.69. The largest absolute Gasteiger partial charge is 0.370 e. The molecule has 2 aliphatic heterocycles. The molecule has 4 rings (SSSR count). The minimum atomic E-state index is 0.0141. The van der Waals surface area contributed by atoms with Crippen LogP contribution in [0.2, 0.25) is 0 Å². The molecule has 5 heteroatoms. The van der Waals surface area contributed by atoms with Gasteiger partial charge in [0.2, 0.25) is 5.91 Å². The highest BCUT2D eigenvalue weighted by molar-refractivity contribution is 5.78. The van der Waals surface area contributed by atoms with Gasteiger partial charge >= 0.3 is 0 Å². The maximum atomic E-state index is 12.2. The van der Waals surface area contributed by atoms with Crippen LogP contribution in [0.25, 0.3) is 0 Å². The predicted octanol–water partition coefficient (Wildman–Crippen LogP) is 2.95. The first kappa shape index (κ1) is 19.1. The van der Waals surface area contributed by atoms with E-state index in [1.165, 1.54) is 5.56 Å². The third-order valence-corrected chi connectivity index (χ3v) is 5.97. The van der Waals surface area contributed by atoms with Crippen molar-refractivity contribution < 1.29 is 9.53 Å². The van der Waals surface area contributed by atoms with Gasteiger partial charge in [-0.1, -0.05) is 36.4 Å². The Morgan fingerprint density at radius 1 is 1.11 bits per heavy atom. The Hall–Kier alpha value is -2.24. The van der Waals surface area contributed by atoms with Gasteiger partial charge in [0.1, 0.15) is 0 Å². The first-order valence-electron chi connectivity index (χ1n) is 10.3. The molecule has 1 N–H and O–H groups in total. The van der Waals surface area contributed by atoms with Crippen LogP contribution in [-0.2, 0) is 22.5 Å². The highest BCUT2D eigenvalue weighted by Gasteiger charge is 2.42. The number of aromatic nitrogens is 1. The molecule has 1 aromatic heterocycles. The van der Waals surface area contributed by atoms with Crippen molar-refractivity contribution in [2.24, 2.45) is 0 Å². The van der Waals surface area contributed by atoms with Gasteiger partial charge in [0, 0.05) is 38.6 Å². The molecule has 1 aromatic carbocycles. The Kier molecular flexibility index (Phi) is 6.03. The summed E-state index contributed by atoms with van der Waals surface area (Å²) in [7, 11) is 0. The summed E-state index contributed by atoms with van der Waals surface area (Å²) in [5, 5.41) is 3.06. The van der Waals surface area contributed by atoms with Crippen LogP contribution in [0.5, 0.6) is 0 Å². The Labute approximate surface area is 167 Å². The van der Waals surface area contributed by atoms with Crippen LogP contribution in [0.4, 0.5) is 0 Å². The van der Waals surface area contributed by atoms with Gasteiger partial charge in [-0.2, -0.15) is 0 Å². The van der Waals surface area contributed by atoms with Gasteiger partial charge in [0.25, 0.3) is 0 Å². The molecule has 0 unspecified atom stereocenters. The van der Waals surface area contributed by atoms with Gasteiger partial charge < -0.3 is 10.1 Å². The fraction of sp³-hybridized carbons (Fsp3) is 0.478. The Balaban J connectivity index is 1.19. The molecule has 2 aliphatic rings. The fourth-order valence-corrected chi connectivity index (χ4v) is 4.35. The van der Waals surface area contributed by atoms with Crippen molar-refractivity contribution in [1.29, 1.82) is 0 Å². The van der Waals surface area contributed by atoms with E-state index in [9.17, 15) is 4.79 Å². The van der Waals surface area contributed by atoms with Crippen LogP contribution in [0.1, 0.15) is 36.8 Å². The van der Waals surface area contributed by atoms with Crippen LogP contribution in [0.3, 0.4) is 0 Å². The lowest BCUT2D eigenvalue weighted by Gasteiger charge is -2.39. The van der Waals surface area contributed by atoms with Crippen LogP contribution in [0, 0.1) is 0 Å². The first-order valence-corrected chi connectivity index (χ1v) is 10.3. The zero-order chi connectivity index (χ0) is 19.2. The Morgan fingerprint density at radius 2 is 1.89 bits per heavy atom. The minimum absolute atomic E-state index is 0.0141. The molecule has 1 atom stereocenters. The van der Waals surface area contributed by atoms with E-state index in [4.69, 9.17) is 4.74 Å². The molecule has 148 valence electrons. The first-order chi connectivity index (χ1) is 13.7. The number of rotatable bonds is 6. The summed E-state index contributed by atoms with van der Waals surface area (Å²) in [6, 6.07) is 14.0. The number of hydrogen-bond acceptors (Lipinski definition) is 4. The summed E-state index contributed by atoms with van der Waals surface area (Å²) in [6.07, 6.45) is 8.63. The minimum Gasteiger partial charge on any atom is -0.370 e. The molecule has 2 saturated heterocycles. The molecule has 0 radical (unpaired) electrons. The lowest BCUT2D eigenvalue weighted by atomic mass is 9.88. The van der Waals surface area contributed by atoms with E-state index in [0.29, 0.717) is 13.0 Å². The van der Waals surface area contributed by atoms with Crippen molar-refractivity contribution in [3.63, 3.8) is 0 Å². The van der Waals surface area contributed by atoms with Gasteiger partial charge in [-0.05, 0) is 42.9 Å². The van der Waals surface area contributed by atoms with Crippen LogP contribution in [0.15, 0.2) is 54.9 Å². The standard InChI is InChI=1S/C23H29N3O2/c27-22(15-19-5-2-1-3-6-19)25-17-21-8-9-23(28-21)10-13-26(14-11-23)18-20-7-4-12-24-16-20/h1-7,12,16,21H,8-11,13-15,17-18H2,(H,25,27)/t21-/m0/s1. The number of carbonyl (C=O) groups excluding carboxylic acids is 1. The van der Waals surface area contributed by atoms with Gasteiger partial charge in [0.05, 0.1) is 18.1 Å². The molecule has 0 saturated carbocycles. The summed E-state index contributed by atoms with van der Waals surface area (Å²) in [5.74, 6) is 0.0713. The molecular formula is C23H29N3O2. The Bertz CT molecular complexity index is 758. The van der Waals surface area contributed by atoms with E-state index >= 15 is 0 Å². The lowest BCUT2D eigenvalue weighted by Crippen LogP contribution is -2.45. The van der Waals surface area contributed by atoms with E-state index in [-0.39, 0.29) is 17.6 Å². The number of pyridine rings is 1. The molecule has 2 fully saturated rings. The molecule has 1 amide bonds. The van der Waals surface area contributed by atoms with Gasteiger partial charge in [-0.15, -0.1) is 0 Å². The monoisotopic (exact) mass is 379 g/mol. The van der Waals surface area contributed by atoms with Crippen molar-refractivity contribution in [3.8, 4) is 0 Å². The van der Waals surface area contributed by atoms with Crippen molar-refractivity contribution in [2.75, 3.05) is 19.6 Å². The van der Waals surface area contributed by atoms with Gasteiger partial charge in [-0.25, -0.2) is 0 Å². The van der Waals surface area contributed by atoms with E-state index in [1.807, 2.05) is 48.8 Å². The predicted molar refractivity (Wildman–Crippen MR) is 109 cm³/mol. The van der Waals surface area contributed by atoms with Crippen LogP contribution < -0.4 is 5.32 Å². The van der Waals surface area contributed by atoms with Crippen LogP contribution >= 0.6 is 0 Å². The SMILES string of the molecule is O=C(Cc1ccccc1)NC[C@@H]1CCC2(CCN(Cc3cccnc3)CC2)O1. The molecule has 1 spiro atoms. The quantitative estimate of drug-likeness (QED) is 0.838. The van der Waals surface area contributed by atoms with Crippen molar-refractivity contribution >= 4 is 5.91 Å². The van der Waals surface area contributed by atoms with E-state index < -0.39 is 0 Å². The second-order valence-corrected chi connectivity index (χ2v) is 8.07. The summed E-state index contributed by atoms with van der Waals surface area (Å²) in [5.41, 5.74) is 2.33. The number of benzene rings is 1. The third-order valence-electron chi connectivity index (χ3n) is 5.97. The number of likely N-dealkylation sites (tertiary alicyclic amines) is 1. The molecule has 2 aromatic rings. The number of nitrogens with zero attached hydrogens (tertiary/aromatic N) is 2. The molecule has 5 nitrogen and oxygen atoms in total. The smallest absolute Gasteiger partial charge is 0.224 e. The van der Waals surface area contributed by atoms with Gasteiger partial charge in [0.15, 0.2) is 0 Å². The van der Waals surface area contributed by atoms with Crippen LogP contribution in [-0.4, -0.2) is 47.1 Å². The van der Waals surface area contributed by atoms with E-state index in [1.54, 1.807) is 0 Å². The highest BCUT2D eigenvalue weighted by Crippen LogP contribution is 2.38. The Morgan fingerprint density at radius 3 is 2.64 bits per heavy atom. The molecule has 0 aliphatic carbocycles. The highest BCUT2D eigenvalue weighted by atomic mass is 16.5. The van der Waals surface area contributed by atoms with E-state index in [2.05, 4.69) is 21.3 Å². The second kappa shape index (κ2) is 8.84. The van der Waals surface area contributed by atoms with Crippen molar-refractivity contribution in [3.05, 3.63) is 66.0 Å². The normalized spacial score (nSPS) is 21.6. The third kappa shape index (κ3) is 4.97. The van der Waals surface area contributed by atoms with Gasteiger partial charge in [-0.3, -0.25) is 14.7 Å². The molecule has 0 bridgehead atoms. The average Bonchev–Trinajstić information content (AvgIpc) is 3.13. The fourth-order valence-electron chi connectivity index (χ4n) is 4.35. The lowest BCUT2D eigenvalue weighted by molar-refractivity contribution is -0.122. The molecule has 28 heavy (non-hydrogen) atoms. The van der Waals surface area contributed by atoms with E-state index in [0.717, 1.165) is 50.9 Å². The number of nitrogens with one attached hydrogen (secondary N) is 1. The van der Waals surface area contributed by atoms with Crippen molar-refractivity contribution in [2.45, 2.75) is 50.4 Å². The summed E-state index contributed by atoms with van der Waals surface area (Å²) >= 11 is 0. The second-order valence-electron chi connectivity index (χ2n) is 8.07. The number of carbonyl (C=O) groups is 1.